The molecule has 1 atom stereocenters. The smallest absolute Gasteiger partial charge is 0.405 e. The van der Waals surface area contributed by atoms with Crippen LogP contribution in [-0.4, -0.2) is 39.3 Å². The molecular formula is C15H15BN4O2S. The van der Waals surface area contributed by atoms with Crippen LogP contribution in [0.3, 0.4) is 0 Å². The number of aromatic amines is 1. The summed E-state index contributed by atoms with van der Waals surface area (Å²) in [7, 11) is -0.254. The van der Waals surface area contributed by atoms with Crippen molar-refractivity contribution in [1.82, 2.24) is 19.5 Å². The number of H-pyrrole nitrogens is 1. The van der Waals surface area contributed by atoms with Gasteiger partial charge in [-0.3, -0.25) is 0 Å². The first-order valence-corrected chi connectivity index (χ1v) is 7.86. The third-order valence-electron chi connectivity index (χ3n) is 3.87. The van der Waals surface area contributed by atoms with Gasteiger partial charge in [-0.25, -0.2) is 9.97 Å². The lowest BCUT2D eigenvalue weighted by atomic mass is 9.79. The third-order valence-corrected chi connectivity index (χ3v) is 4.17. The number of hydrogen-bond donors (Lipinski definition) is 1. The standard InChI is InChI=1S/C15H15BN4O2S/c1-10-7-21-16(22-10)12-4-2-11(3-5-12)6-20-9-19-13-14(20)17-8-18-15(13)23/h2-5,8-10H,6-7H2,1H3,(H,17,18,23). The molecule has 0 amide bonds. The molecule has 2 aromatic heterocycles. The lowest BCUT2D eigenvalue weighted by Gasteiger charge is -2.08. The Labute approximate surface area is 138 Å². The van der Waals surface area contributed by atoms with Crippen molar-refractivity contribution in [2.75, 3.05) is 6.61 Å². The van der Waals surface area contributed by atoms with Crippen LogP contribution in [0.25, 0.3) is 11.2 Å². The molecule has 1 N–H and O–H groups in total. The molecule has 0 bridgehead atoms. The van der Waals surface area contributed by atoms with Crippen molar-refractivity contribution in [3.05, 3.63) is 47.1 Å². The van der Waals surface area contributed by atoms with E-state index in [1.165, 1.54) is 0 Å². The molecule has 1 aliphatic heterocycles. The molecule has 0 aliphatic carbocycles. The second kappa shape index (κ2) is 5.88. The quantitative estimate of drug-likeness (QED) is 0.586. The van der Waals surface area contributed by atoms with Crippen LogP contribution in [0.4, 0.5) is 0 Å². The molecule has 1 aromatic carbocycles. The first-order chi connectivity index (χ1) is 11.2. The molecule has 4 rings (SSSR count). The Hall–Kier alpha value is -2.03. The zero-order chi connectivity index (χ0) is 15.8. The molecule has 1 unspecified atom stereocenters. The maximum Gasteiger partial charge on any atom is 0.494 e. The van der Waals surface area contributed by atoms with Gasteiger partial charge in [0.05, 0.1) is 31.9 Å². The van der Waals surface area contributed by atoms with E-state index in [0.29, 0.717) is 17.8 Å². The number of nitrogens with one attached hydrogen (secondary N) is 1. The number of benzene rings is 1. The fourth-order valence-electron chi connectivity index (χ4n) is 2.69. The van der Waals surface area contributed by atoms with Crippen LogP contribution < -0.4 is 5.46 Å². The highest BCUT2D eigenvalue weighted by Gasteiger charge is 2.30. The number of nitrogens with zero attached hydrogens (tertiary/aromatic N) is 3. The van der Waals surface area contributed by atoms with Gasteiger partial charge in [-0.05, 0) is 17.9 Å². The van der Waals surface area contributed by atoms with Crippen LogP contribution >= 0.6 is 12.2 Å². The Bertz CT molecular complexity index is 892. The van der Waals surface area contributed by atoms with E-state index in [2.05, 4.69) is 27.1 Å². The number of fused-ring (bicyclic) bond motifs is 1. The maximum atomic E-state index is 5.70. The summed E-state index contributed by atoms with van der Waals surface area (Å²) in [5.74, 6) is 0. The lowest BCUT2D eigenvalue weighted by molar-refractivity contribution is 0.258. The van der Waals surface area contributed by atoms with Crippen LogP contribution in [0.2, 0.25) is 0 Å². The summed E-state index contributed by atoms with van der Waals surface area (Å²) in [5, 5.41) is 0. The van der Waals surface area contributed by atoms with Gasteiger partial charge in [-0.2, -0.15) is 0 Å². The Balaban J connectivity index is 1.56. The third kappa shape index (κ3) is 2.80. The van der Waals surface area contributed by atoms with Gasteiger partial charge in [0, 0.05) is 0 Å². The van der Waals surface area contributed by atoms with Gasteiger partial charge in [0.2, 0.25) is 0 Å². The summed E-state index contributed by atoms with van der Waals surface area (Å²) in [4.78, 5) is 11.5. The van der Waals surface area contributed by atoms with Crippen molar-refractivity contribution >= 4 is 36.0 Å². The van der Waals surface area contributed by atoms with E-state index in [0.717, 1.165) is 22.2 Å². The molecule has 0 saturated carbocycles. The number of rotatable bonds is 3. The first-order valence-electron chi connectivity index (χ1n) is 7.45. The first kappa shape index (κ1) is 14.6. The molecule has 3 heterocycles. The van der Waals surface area contributed by atoms with Gasteiger partial charge in [0.25, 0.3) is 0 Å². The Morgan fingerprint density at radius 1 is 1.35 bits per heavy atom. The van der Waals surface area contributed by atoms with E-state index in [1.54, 1.807) is 12.7 Å². The predicted octanol–water partition coefficient (Wildman–Crippen LogP) is 1.67. The second-order valence-corrected chi connectivity index (χ2v) is 6.02. The number of imidazole rings is 1. The summed E-state index contributed by atoms with van der Waals surface area (Å²) in [6, 6.07) is 8.24. The van der Waals surface area contributed by atoms with Crippen molar-refractivity contribution < 1.29 is 9.31 Å². The summed E-state index contributed by atoms with van der Waals surface area (Å²) in [5.41, 5.74) is 3.80. The predicted molar refractivity (Wildman–Crippen MR) is 90.1 cm³/mol. The molecule has 1 aliphatic rings. The monoisotopic (exact) mass is 326 g/mol. The molecule has 6 nitrogen and oxygen atoms in total. The minimum Gasteiger partial charge on any atom is -0.405 e. The van der Waals surface area contributed by atoms with Gasteiger partial charge in [0.1, 0.15) is 11.2 Å². The Kier molecular flexibility index (Phi) is 3.72. The average molecular weight is 326 g/mol. The summed E-state index contributed by atoms with van der Waals surface area (Å²) >= 11 is 5.18. The van der Waals surface area contributed by atoms with E-state index in [1.807, 2.05) is 23.6 Å². The minimum atomic E-state index is -0.254. The lowest BCUT2D eigenvalue weighted by Crippen LogP contribution is -2.32. The molecule has 116 valence electrons. The highest BCUT2D eigenvalue weighted by Crippen LogP contribution is 2.13. The normalized spacial score (nSPS) is 18.0. The Morgan fingerprint density at radius 2 is 2.17 bits per heavy atom. The minimum absolute atomic E-state index is 0.147. The maximum absolute atomic E-state index is 5.70. The molecule has 23 heavy (non-hydrogen) atoms. The zero-order valence-corrected chi connectivity index (χ0v) is 13.4. The van der Waals surface area contributed by atoms with E-state index in [4.69, 9.17) is 21.5 Å². The van der Waals surface area contributed by atoms with E-state index < -0.39 is 0 Å². The van der Waals surface area contributed by atoms with Crippen molar-refractivity contribution in [2.24, 2.45) is 0 Å². The van der Waals surface area contributed by atoms with Crippen LogP contribution in [0, 0.1) is 4.64 Å². The molecule has 0 spiro atoms. The fraction of sp³-hybridized carbons (Fsp3) is 0.267. The molecule has 1 fully saturated rings. The van der Waals surface area contributed by atoms with E-state index >= 15 is 0 Å². The largest absolute Gasteiger partial charge is 0.494 e. The van der Waals surface area contributed by atoms with Crippen LogP contribution in [0.5, 0.6) is 0 Å². The fourth-order valence-corrected chi connectivity index (χ4v) is 2.89. The number of hydrogen-bond acceptors (Lipinski definition) is 5. The van der Waals surface area contributed by atoms with Gasteiger partial charge in [-0.1, -0.05) is 36.5 Å². The van der Waals surface area contributed by atoms with E-state index in [9.17, 15) is 0 Å². The van der Waals surface area contributed by atoms with Gasteiger partial charge in [-0.15, -0.1) is 0 Å². The van der Waals surface area contributed by atoms with Gasteiger partial charge < -0.3 is 18.9 Å². The van der Waals surface area contributed by atoms with Crippen molar-refractivity contribution in [1.29, 1.82) is 0 Å². The molecule has 0 radical (unpaired) electrons. The van der Waals surface area contributed by atoms with Gasteiger partial charge in [0.15, 0.2) is 4.64 Å². The highest BCUT2D eigenvalue weighted by molar-refractivity contribution is 7.71. The van der Waals surface area contributed by atoms with Crippen molar-refractivity contribution in [2.45, 2.75) is 19.6 Å². The van der Waals surface area contributed by atoms with Crippen LogP contribution in [0.15, 0.2) is 36.9 Å². The molecule has 8 heteroatoms. The summed E-state index contributed by atoms with van der Waals surface area (Å²) in [6.45, 7) is 3.35. The Morgan fingerprint density at radius 3 is 2.91 bits per heavy atom. The van der Waals surface area contributed by atoms with E-state index in [-0.39, 0.29) is 13.2 Å². The second-order valence-electron chi connectivity index (χ2n) is 5.63. The van der Waals surface area contributed by atoms with Gasteiger partial charge >= 0.3 is 7.12 Å². The molecular weight excluding hydrogens is 311 g/mol. The zero-order valence-electron chi connectivity index (χ0n) is 12.6. The molecule has 3 aromatic rings. The van der Waals surface area contributed by atoms with Crippen molar-refractivity contribution in [3.8, 4) is 0 Å². The molecule has 1 saturated heterocycles. The SMILES string of the molecule is CC1COB(c2ccc(Cn3cnc4c(=S)nc[nH]c43)cc2)O1. The summed E-state index contributed by atoms with van der Waals surface area (Å²) < 4.78 is 13.8. The summed E-state index contributed by atoms with van der Waals surface area (Å²) in [6.07, 6.45) is 3.52. The highest BCUT2D eigenvalue weighted by atomic mass is 32.1. The number of aromatic nitrogens is 4. The average Bonchev–Trinajstić information content (AvgIpc) is 3.16. The van der Waals surface area contributed by atoms with Crippen LogP contribution in [0.1, 0.15) is 12.5 Å². The van der Waals surface area contributed by atoms with Crippen molar-refractivity contribution in [3.63, 3.8) is 0 Å². The topological polar surface area (TPSA) is 65.0 Å². The van der Waals surface area contributed by atoms with Crippen LogP contribution in [-0.2, 0) is 15.9 Å².